The van der Waals surface area contributed by atoms with Gasteiger partial charge in [-0.1, -0.05) is 17.7 Å². The summed E-state index contributed by atoms with van der Waals surface area (Å²) >= 11 is 6.30. The largest absolute Gasteiger partial charge is 0.495 e. The first-order chi connectivity index (χ1) is 15.7. The fourth-order valence-corrected chi connectivity index (χ4v) is 5.21. The highest BCUT2D eigenvalue weighted by Crippen LogP contribution is 2.46. The van der Waals surface area contributed by atoms with Gasteiger partial charge >= 0.3 is 0 Å². The maximum atomic E-state index is 12.1. The van der Waals surface area contributed by atoms with Crippen LogP contribution in [0.25, 0.3) is 0 Å². The molecule has 1 saturated heterocycles. The fraction of sp³-hybridized carbons (Fsp3) is 0.500. The smallest absolute Gasteiger partial charge is 0.227 e. The van der Waals surface area contributed by atoms with Crippen LogP contribution in [-0.4, -0.2) is 42.6 Å². The number of rotatable bonds is 8. The van der Waals surface area contributed by atoms with Gasteiger partial charge < -0.3 is 19.9 Å². The summed E-state index contributed by atoms with van der Waals surface area (Å²) in [4.78, 5) is 25.7. The van der Waals surface area contributed by atoms with Gasteiger partial charge in [0, 0.05) is 25.7 Å². The molecule has 32 heavy (non-hydrogen) atoms. The number of ether oxygens (including phenoxy) is 1. The molecule has 1 amide bonds. The normalized spacial score (nSPS) is 22.4. The Bertz CT molecular complexity index is 971. The zero-order chi connectivity index (χ0) is 22.1. The van der Waals surface area contributed by atoms with E-state index in [0.29, 0.717) is 23.1 Å². The van der Waals surface area contributed by atoms with Crippen LogP contribution < -0.4 is 19.9 Å². The fourth-order valence-electron chi connectivity index (χ4n) is 4.93. The number of nitrogens with zero attached hydrogens (tertiary/aromatic N) is 4. The zero-order valence-electron chi connectivity index (χ0n) is 18.3. The first-order valence-electron chi connectivity index (χ1n) is 11.4. The van der Waals surface area contributed by atoms with Crippen LogP contribution in [0.4, 0.5) is 17.5 Å². The van der Waals surface area contributed by atoms with E-state index in [1.807, 2.05) is 29.3 Å². The molecule has 1 radical (unpaired) electrons. The Labute approximate surface area is 194 Å². The molecule has 2 saturated carbocycles. The number of carbonyl (C=O) groups excluding carboxylic acids is 1. The van der Waals surface area contributed by atoms with E-state index in [0.717, 1.165) is 74.2 Å². The zero-order valence-corrected chi connectivity index (χ0v) is 19.1. The molecule has 2 aliphatic carbocycles. The lowest BCUT2D eigenvalue weighted by Gasteiger charge is -2.32. The van der Waals surface area contributed by atoms with E-state index in [1.165, 1.54) is 6.42 Å². The van der Waals surface area contributed by atoms with Gasteiger partial charge in [-0.2, -0.15) is 4.98 Å². The number of hydrogen-bond donors (Lipinski definition) is 1. The summed E-state index contributed by atoms with van der Waals surface area (Å²) in [6, 6.07) is 5.89. The molecule has 2 unspecified atom stereocenters. The van der Waals surface area contributed by atoms with E-state index in [1.54, 1.807) is 7.11 Å². The van der Waals surface area contributed by atoms with Gasteiger partial charge in [-0.3, -0.25) is 4.79 Å². The Balaban J connectivity index is 1.41. The summed E-state index contributed by atoms with van der Waals surface area (Å²) in [6.07, 6.45) is 10.3. The summed E-state index contributed by atoms with van der Waals surface area (Å²) in [5, 5.41) is 4.02. The number of methoxy groups -OCH3 is 1. The van der Waals surface area contributed by atoms with Crippen molar-refractivity contribution >= 4 is 35.5 Å². The molecule has 2 aromatic rings. The Morgan fingerprint density at radius 2 is 2.06 bits per heavy atom. The van der Waals surface area contributed by atoms with Crippen molar-refractivity contribution in [3.05, 3.63) is 41.4 Å². The van der Waals surface area contributed by atoms with Crippen LogP contribution in [0.5, 0.6) is 5.75 Å². The molecule has 1 aliphatic heterocycles. The number of aromatic nitrogens is 2. The molecule has 7 nitrogen and oxygen atoms in total. The van der Waals surface area contributed by atoms with Crippen LogP contribution in [0.2, 0.25) is 5.02 Å². The molecule has 5 rings (SSSR count). The van der Waals surface area contributed by atoms with Crippen molar-refractivity contribution in [3.63, 3.8) is 0 Å². The minimum absolute atomic E-state index is 0.169. The van der Waals surface area contributed by atoms with E-state index in [9.17, 15) is 4.79 Å². The van der Waals surface area contributed by atoms with Crippen molar-refractivity contribution < 1.29 is 9.53 Å². The standard InChI is InChI=1S/C24H29ClN5O2/c1-32-22-8-7-16(9-20(22)25)11-26-23-21(30(15-31)19-5-3-2-4-6-19)12-27-24(28-23)29-13-17-10-18(17)14-29/h2,7-9,12,15,17-19H,3-6,10-11,13-14H2,1H3,(H,26,27,28). The van der Waals surface area contributed by atoms with E-state index in [-0.39, 0.29) is 6.04 Å². The molecule has 1 aromatic heterocycles. The molecule has 3 fully saturated rings. The first-order valence-corrected chi connectivity index (χ1v) is 11.8. The third kappa shape index (κ3) is 4.35. The molecule has 1 aromatic carbocycles. The van der Waals surface area contributed by atoms with Crippen LogP contribution >= 0.6 is 11.6 Å². The van der Waals surface area contributed by atoms with Crippen LogP contribution in [-0.2, 0) is 11.3 Å². The van der Waals surface area contributed by atoms with Crippen LogP contribution in [0.3, 0.4) is 0 Å². The molecule has 2 atom stereocenters. The highest BCUT2D eigenvalue weighted by Gasteiger charge is 2.46. The van der Waals surface area contributed by atoms with E-state index >= 15 is 0 Å². The Morgan fingerprint density at radius 3 is 2.75 bits per heavy atom. The monoisotopic (exact) mass is 454 g/mol. The van der Waals surface area contributed by atoms with Gasteiger partial charge in [-0.15, -0.1) is 0 Å². The van der Waals surface area contributed by atoms with Crippen LogP contribution in [0, 0.1) is 18.3 Å². The third-order valence-corrected chi connectivity index (χ3v) is 7.18. The molecular weight excluding hydrogens is 426 g/mol. The number of nitrogens with one attached hydrogen (secondary N) is 1. The SMILES string of the molecule is COc1ccc(CNc2nc(N3CC4CC4C3)ncc2N(C=O)C2CC[CH]CC2)cc1Cl. The molecule has 0 spiro atoms. The highest BCUT2D eigenvalue weighted by atomic mass is 35.5. The first kappa shape index (κ1) is 21.3. The molecule has 1 N–H and O–H groups in total. The van der Waals surface area contributed by atoms with Crippen molar-refractivity contribution in [1.82, 2.24) is 9.97 Å². The minimum Gasteiger partial charge on any atom is -0.495 e. The lowest BCUT2D eigenvalue weighted by molar-refractivity contribution is -0.108. The van der Waals surface area contributed by atoms with Gasteiger partial charge in [-0.05, 0) is 68.1 Å². The summed E-state index contributed by atoms with van der Waals surface area (Å²) in [7, 11) is 1.60. The number of halogens is 1. The lowest BCUT2D eigenvalue weighted by atomic mass is 9.94. The number of benzene rings is 1. The Morgan fingerprint density at radius 1 is 1.28 bits per heavy atom. The van der Waals surface area contributed by atoms with Crippen molar-refractivity contribution in [2.24, 2.45) is 11.8 Å². The quantitative estimate of drug-likeness (QED) is 0.599. The number of anilines is 3. The van der Waals surface area contributed by atoms with Gasteiger partial charge in [0.1, 0.15) is 11.4 Å². The molecule has 0 bridgehead atoms. The van der Waals surface area contributed by atoms with Crippen molar-refractivity contribution in [2.75, 3.05) is 35.3 Å². The number of fused-ring (bicyclic) bond motifs is 1. The maximum Gasteiger partial charge on any atom is 0.227 e. The third-order valence-electron chi connectivity index (χ3n) is 6.89. The maximum absolute atomic E-state index is 12.1. The topological polar surface area (TPSA) is 70.6 Å². The average Bonchev–Trinajstić information content (AvgIpc) is 3.44. The second-order valence-corrected chi connectivity index (χ2v) is 9.40. The number of amides is 1. The second-order valence-electron chi connectivity index (χ2n) is 9.00. The van der Waals surface area contributed by atoms with Gasteiger partial charge in [0.25, 0.3) is 0 Å². The second kappa shape index (κ2) is 9.14. The lowest BCUT2D eigenvalue weighted by Crippen LogP contribution is -2.36. The van der Waals surface area contributed by atoms with Gasteiger partial charge in [-0.25, -0.2) is 4.98 Å². The van der Waals surface area contributed by atoms with Crippen molar-refractivity contribution in [2.45, 2.75) is 44.7 Å². The minimum atomic E-state index is 0.169. The summed E-state index contributed by atoms with van der Waals surface area (Å²) in [5.41, 5.74) is 1.74. The van der Waals surface area contributed by atoms with Crippen molar-refractivity contribution in [3.8, 4) is 5.75 Å². The Hall–Kier alpha value is -2.54. The molecule has 2 heterocycles. The summed E-state index contributed by atoms with van der Waals surface area (Å²) < 4.78 is 5.25. The Kier molecular flexibility index (Phi) is 6.09. The highest BCUT2D eigenvalue weighted by molar-refractivity contribution is 6.32. The van der Waals surface area contributed by atoms with Crippen LogP contribution in [0.1, 0.15) is 37.7 Å². The summed E-state index contributed by atoms with van der Waals surface area (Å²) in [6.45, 7) is 2.57. The van der Waals surface area contributed by atoms with E-state index in [4.69, 9.17) is 21.3 Å². The van der Waals surface area contributed by atoms with Crippen molar-refractivity contribution in [1.29, 1.82) is 0 Å². The predicted molar refractivity (Wildman–Crippen MR) is 126 cm³/mol. The average molecular weight is 455 g/mol. The summed E-state index contributed by atoms with van der Waals surface area (Å²) in [5.74, 6) is 3.65. The molecular formula is C24H29ClN5O2. The molecule has 3 aliphatic rings. The number of carbonyl (C=O) groups is 1. The predicted octanol–water partition coefficient (Wildman–Crippen LogP) is 4.32. The molecule has 8 heteroatoms. The number of piperidine rings is 1. The van der Waals surface area contributed by atoms with Crippen LogP contribution in [0.15, 0.2) is 24.4 Å². The molecule has 169 valence electrons. The number of hydrogen-bond acceptors (Lipinski definition) is 6. The van der Waals surface area contributed by atoms with E-state index < -0.39 is 0 Å². The van der Waals surface area contributed by atoms with Gasteiger partial charge in [0.05, 0.1) is 18.3 Å². The van der Waals surface area contributed by atoms with Gasteiger partial charge in [0.15, 0.2) is 5.82 Å². The van der Waals surface area contributed by atoms with E-state index in [2.05, 4.69) is 21.6 Å². The van der Waals surface area contributed by atoms with Gasteiger partial charge in [0.2, 0.25) is 12.4 Å².